The van der Waals surface area contributed by atoms with Crippen molar-refractivity contribution < 1.29 is 9.50 Å². The molecule has 0 saturated heterocycles. The van der Waals surface area contributed by atoms with Crippen LogP contribution < -0.4 is 5.32 Å². The van der Waals surface area contributed by atoms with E-state index in [4.69, 9.17) is 16.7 Å². The van der Waals surface area contributed by atoms with Gasteiger partial charge in [0.15, 0.2) is 0 Å². The molecule has 0 spiro atoms. The molecule has 0 aliphatic heterocycles. The number of benzene rings is 1. The van der Waals surface area contributed by atoms with E-state index in [1.807, 2.05) is 13.8 Å². The van der Waals surface area contributed by atoms with Gasteiger partial charge in [-0.05, 0) is 30.2 Å². The lowest BCUT2D eigenvalue weighted by molar-refractivity contribution is 0.156. The van der Waals surface area contributed by atoms with Gasteiger partial charge in [-0.1, -0.05) is 25.4 Å². The van der Waals surface area contributed by atoms with Gasteiger partial charge in [-0.2, -0.15) is 0 Å². The maximum atomic E-state index is 13.4. The number of rotatable bonds is 5. The van der Waals surface area contributed by atoms with Gasteiger partial charge < -0.3 is 10.4 Å². The minimum atomic E-state index is -0.243. The number of aliphatic hydroxyl groups excluding tert-OH is 1. The number of hydrogen-bond donors (Lipinski definition) is 2. The number of nitrogens with one attached hydrogen (secondary N) is 1. The summed E-state index contributed by atoms with van der Waals surface area (Å²) in [4.78, 5) is 0. The zero-order valence-electron chi connectivity index (χ0n) is 10.5. The molecule has 2 nitrogen and oxygen atoms in total. The Balaban J connectivity index is 2.61. The van der Waals surface area contributed by atoms with E-state index in [2.05, 4.69) is 5.32 Å². The van der Waals surface area contributed by atoms with Gasteiger partial charge in [0.25, 0.3) is 0 Å². The van der Waals surface area contributed by atoms with Crippen LogP contribution in [0.4, 0.5) is 4.39 Å². The number of aryl methyl sites for hydroxylation is 1. The summed E-state index contributed by atoms with van der Waals surface area (Å²) in [6.07, 6.45) is 0. The zero-order chi connectivity index (χ0) is 13.1. The third-order valence-electron chi connectivity index (χ3n) is 2.67. The Bertz CT molecular complexity index is 393. The summed E-state index contributed by atoms with van der Waals surface area (Å²) < 4.78 is 13.4. The predicted octanol–water partition coefficient (Wildman–Crippen LogP) is 2.90. The quantitative estimate of drug-likeness (QED) is 0.852. The standard InChI is InChI=1S/C13H19ClFNO/c1-9-4-11(14)10(5-12(9)15)6-16-7-13(2,3)8-17/h4-5,16-17H,6-8H2,1-3H3. The number of hydrogen-bond acceptors (Lipinski definition) is 2. The van der Waals surface area contributed by atoms with Gasteiger partial charge >= 0.3 is 0 Å². The normalized spacial score (nSPS) is 11.9. The second-order valence-corrected chi connectivity index (χ2v) is 5.53. The van der Waals surface area contributed by atoms with Crippen LogP contribution in [0.1, 0.15) is 25.0 Å². The van der Waals surface area contributed by atoms with Gasteiger partial charge in [0, 0.05) is 30.1 Å². The van der Waals surface area contributed by atoms with E-state index in [0.29, 0.717) is 23.7 Å². The fourth-order valence-electron chi connectivity index (χ4n) is 1.41. The summed E-state index contributed by atoms with van der Waals surface area (Å²) in [7, 11) is 0. The van der Waals surface area contributed by atoms with Crippen LogP contribution in [-0.4, -0.2) is 18.3 Å². The molecule has 0 radical (unpaired) electrons. The molecule has 1 rings (SSSR count). The fraction of sp³-hybridized carbons (Fsp3) is 0.538. The molecule has 4 heteroatoms. The average molecular weight is 260 g/mol. The highest BCUT2D eigenvalue weighted by Crippen LogP contribution is 2.20. The summed E-state index contributed by atoms with van der Waals surface area (Å²) in [6.45, 7) is 6.85. The van der Waals surface area contributed by atoms with Crippen molar-refractivity contribution in [2.75, 3.05) is 13.2 Å². The van der Waals surface area contributed by atoms with Crippen LogP contribution in [-0.2, 0) is 6.54 Å². The van der Waals surface area contributed by atoms with Crippen molar-refractivity contribution in [3.05, 3.63) is 34.1 Å². The van der Waals surface area contributed by atoms with Crippen LogP contribution in [0, 0.1) is 18.2 Å². The van der Waals surface area contributed by atoms with Gasteiger partial charge in [0.1, 0.15) is 5.82 Å². The molecule has 0 aromatic heterocycles. The third kappa shape index (κ3) is 4.26. The zero-order valence-corrected chi connectivity index (χ0v) is 11.2. The Morgan fingerprint density at radius 2 is 2.06 bits per heavy atom. The monoisotopic (exact) mass is 259 g/mol. The van der Waals surface area contributed by atoms with E-state index >= 15 is 0 Å². The number of aliphatic hydroxyl groups is 1. The summed E-state index contributed by atoms with van der Waals surface area (Å²) in [5, 5.41) is 12.8. The molecule has 0 aliphatic carbocycles. The van der Waals surface area contributed by atoms with Gasteiger partial charge in [0.05, 0.1) is 0 Å². The molecular formula is C13H19ClFNO. The highest BCUT2D eigenvalue weighted by Gasteiger charge is 2.15. The van der Waals surface area contributed by atoms with E-state index in [-0.39, 0.29) is 17.8 Å². The van der Waals surface area contributed by atoms with Crippen LogP contribution in [0.3, 0.4) is 0 Å². The fourth-order valence-corrected chi connectivity index (χ4v) is 1.70. The number of halogens is 2. The lowest BCUT2D eigenvalue weighted by Crippen LogP contribution is -2.32. The average Bonchev–Trinajstić information content (AvgIpc) is 2.25. The molecule has 0 saturated carbocycles. The molecule has 0 bridgehead atoms. The Morgan fingerprint density at radius 1 is 1.41 bits per heavy atom. The molecule has 17 heavy (non-hydrogen) atoms. The van der Waals surface area contributed by atoms with Crippen molar-refractivity contribution in [2.45, 2.75) is 27.3 Å². The Morgan fingerprint density at radius 3 is 2.65 bits per heavy atom. The van der Waals surface area contributed by atoms with Crippen molar-refractivity contribution in [3.63, 3.8) is 0 Å². The van der Waals surface area contributed by atoms with E-state index < -0.39 is 0 Å². The van der Waals surface area contributed by atoms with Crippen LogP contribution in [0.5, 0.6) is 0 Å². The molecule has 0 amide bonds. The maximum Gasteiger partial charge on any atom is 0.126 e. The van der Waals surface area contributed by atoms with Gasteiger partial charge in [-0.3, -0.25) is 0 Å². The summed E-state index contributed by atoms with van der Waals surface area (Å²) >= 11 is 6.03. The Labute approximate surface area is 107 Å². The molecule has 0 heterocycles. The van der Waals surface area contributed by atoms with Crippen LogP contribution >= 0.6 is 11.6 Å². The minimum Gasteiger partial charge on any atom is -0.396 e. The molecule has 96 valence electrons. The Hall–Kier alpha value is -0.640. The first kappa shape index (κ1) is 14.4. The second kappa shape index (κ2) is 5.80. The lowest BCUT2D eigenvalue weighted by atomic mass is 9.95. The van der Waals surface area contributed by atoms with Crippen molar-refractivity contribution in [3.8, 4) is 0 Å². The molecule has 0 atom stereocenters. The first-order chi connectivity index (χ1) is 7.85. The van der Waals surface area contributed by atoms with E-state index in [1.165, 1.54) is 6.07 Å². The lowest BCUT2D eigenvalue weighted by Gasteiger charge is -2.22. The Kier molecular flexibility index (Phi) is 4.92. The smallest absolute Gasteiger partial charge is 0.126 e. The second-order valence-electron chi connectivity index (χ2n) is 5.12. The predicted molar refractivity (Wildman–Crippen MR) is 68.7 cm³/mol. The molecule has 1 aromatic rings. The molecule has 2 N–H and O–H groups in total. The molecule has 0 fully saturated rings. The van der Waals surface area contributed by atoms with Crippen LogP contribution in [0.25, 0.3) is 0 Å². The van der Waals surface area contributed by atoms with E-state index in [1.54, 1.807) is 13.0 Å². The topological polar surface area (TPSA) is 32.3 Å². The van der Waals surface area contributed by atoms with Crippen molar-refractivity contribution in [2.24, 2.45) is 5.41 Å². The summed E-state index contributed by atoms with van der Waals surface area (Å²) in [5.74, 6) is -0.243. The first-order valence-corrected chi connectivity index (χ1v) is 5.99. The van der Waals surface area contributed by atoms with Gasteiger partial charge in [0.2, 0.25) is 0 Å². The largest absolute Gasteiger partial charge is 0.396 e. The third-order valence-corrected chi connectivity index (χ3v) is 3.03. The highest BCUT2D eigenvalue weighted by molar-refractivity contribution is 6.31. The SMILES string of the molecule is Cc1cc(Cl)c(CNCC(C)(C)CO)cc1F. The maximum absolute atomic E-state index is 13.4. The van der Waals surface area contributed by atoms with Crippen molar-refractivity contribution in [1.82, 2.24) is 5.32 Å². The molecule has 0 unspecified atom stereocenters. The summed E-state index contributed by atoms with van der Waals surface area (Å²) in [5.41, 5.74) is 1.10. The van der Waals surface area contributed by atoms with Crippen molar-refractivity contribution in [1.29, 1.82) is 0 Å². The molecular weight excluding hydrogens is 241 g/mol. The first-order valence-electron chi connectivity index (χ1n) is 5.62. The van der Waals surface area contributed by atoms with Crippen molar-refractivity contribution >= 4 is 11.6 Å². The van der Waals surface area contributed by atoms with Gasteiger partial charge in [-0.15, -0.1) is 0 Å². The van der Waals surface area contributed by atoms with Crippen LogP contribution in [0.2, 0.25) is 5.02 Å². The molecule has 0 aliphatic rings. The van der Waals surface area contributed by atoms with Crippen LogP contribution in [0.15, 0.2) is 12.1 Å². The molecule has 1 aromatic carbocycles. The van der Waals surface area contributed by atoms with E-state index in [9.17, 15) is 4.39 Å². The van der Waals surface area contributed by atoms with Gasteiger partial charge in [-0.25, -0.2) is 4.39 Å². The highest BCUT2D eigenvalue weighted by atomic mass is 35.5. The minimum absolute atomic E-state index is 0.107. The summed E-state index contributed by atoms with van der Waals surface area (Å²) in [6, 6.07) is 3.09. The van der Waals surface area contributed by atoms with E-state index in [0.717, 1.165) is 5.56 Å².